The van der Waals surface area contributed by atoms with E-state index < -0.39 is 0 Å². The molecule has 1 saturated heterocycles. The largest absolute Gasteiger partial charge is 0.361 e. The maximum atomic E-state index is 13.6. The number of nitrogens with zero attached hydrogens (tertiary/aromatic N) is 3. The fourth-order valence-electron chi connectivity index (χ4n) is 5.92. The molecule has 1 atom stereocenters. The summed E-state index contributed by atoms with van der Waals surface area (Å²) in [6.45, 7) is 2.51. The topological polar surface area (TPSA) is 87.6 Å². The Morgan fingerprint density at radius 1 is 0.854 bits per heavy atom. The van der Waals surface area contributed by atoms with Gasteiger partial charge in [0, 0.05) is 42.4 Å². The van der Waals surface area contributed by atoms with E-state index in [9.17, 15) is 4.79 Å². The summed E-state index contributed by atoms with van der Waals surface area (Å²) in [5.74, 6) is 1.91. The first-order valence-electron chi connectivity index (χ1n) is 14.8. The lowest BCUT2D eigenvalue weighted by atomic mass is 9.96. The smallest absolute Gasteiger partial charge is 0.223 e. The fraction of sp³-hybridized carbons (Fsp3) is 0.324. The number of aryl methyl sites for hydroxylation is 3. The zero-order chi connectivity index (χ0) is 27.9. The van der Waals surface area contributed by atoms with Crippen LogP contribution in [0.1, 0.15) is 47.2 Å². The first kappa shape index (κ1) is 27.0. The SMILES string of the molecule is O=C(N[C@H](Cc1c[nH]c2ccccc12)c1nnc(CCc2ccccc2)n1CCc1ccccc1)C1CCNCC1. The monoisotopic (exact) mass is 546 g/mol. The lowest BCUT2D eigenvalue weighted by Crippen LogP contribution is -2.41. The molecule has 41 heavy (non-hydrogen) atoms. The van der Waals surface area contributed by atoms with Crippen molar-refractivity contribution in [3.8, 4) is 0 Å². The lowest BCUT2D eigenvalue weighted by molar-refractivity contribution is -0.126. The van der Waals surface area contributed by atoms with E-state index in [4.69, 9.17) is 10.2 Å². The second kappa shape index (κ2) is 13.0. The van der Waals surface area contributed by atoms with Gasteiger partial charge < -0.3 is 20.2 Å². The van der Waals surface area contributed by atoms with Crippen molar-refractivity contribution in [2.75, 3.05) is 13.1 Å². The molecule has 3 aromatic carbocycles. The summed E-state index contributed by atoms with van der Waals surface area (Å²) in [6, 6.07) is 29.1. The van der Waals surface area contributed by atoms with E-state index in [1.165, 1.54) is 22.1 Å². The molecule has 3 N–H and O–H groups in total. The summed E-state index contributed by atoms with van der Waals surface area (Å²) in [4.78, 5) is 17.0. The van der Waals surface area contributed by atoms with Crippen LogP contribution < -0.4 is 10.6 Å². The van der Waals surface area contributed by atoms with E-state index in [-0.39, 0.29) is 17.9 Å². The number of carbonyl (C=O) groups is 1. The van der Waals surface area contributed by atoms with Gasteiger partial charge in [-0.25, -0.2) is 0 Å². The average Bonchev–Trinajstić information content (AvgIpc) is 3.64. The third-order valence-electron chi connectivity index (χ3n) is 8.24. The van der Waals surface area contributed by atoms with Gasteiger partial charge in [0.1, 0.15) is 5.82 Å². The minimum Gasteiger partial charge on any atom is -0.361 e. The first-order chi connectivity index (χ1) is 20.2. The molecule has 0 unspecified atom stereocenters. The Hall–Kier alpha value is -4.23. The molecule has 0 aliphatic carbocycles. The molecule has 1 amide bonds. The van der Waals surface area contributed by atoms with Crippen LogP contribution in [0.25, 0.3) is 10.9 Å². The van der Waals surface area contributed by atoms with E-state index in [1.54, 1.807) is 0 Å². The van der Waals surface area contributed by atoms with Gasteiger partial charge in [0.15, 0.2) is 5.82 Å². The van der Waals surface area contributed by atoms with E-state index in [2.05, 4.69) is 93.1 Å². The molecule has 0 radical (unpaired) electrons. The van der Waals surface area contributed by atoms with E-state index in [0.29, 0.717) is 6.42 Å². The minimum atomic E-state index is -0.287. The highest BCUT2D eigenvalue weighted by Crippen LogP contribution is 2.26. The van der Waals surface area contributed by atoms with Crippen molar-refractivity contribution in [2.24, 2.45) is 5.92 Å². The molecule has 1 aliphatic heterocycles. The van der Waals surface area contributed by atoms with Crippen molar-refractivity contribution in [1.82, 2.24) is 30.4 Å². The second-order valence-electron chi connectivity index (χ2n) is 11.0. The standard InChI is InChI=1S/C34H38N6O/c41-34(27-17-20-35-21-18-27)37-31(23-28-24-36-30-14-8-7-13-29(28)30)33-39-38-32(16-15-25-9-3-1-4-10-25)40(33)22-19-26-11-5-2-6-12-26/h1-14,24,27,31,35-36H,15-23H2,(H,37,41)/t31-/m1/s1. The summed E-state index contributed by atoms with van der Waals surface area (Å²) in [5, 5.41) is 17.5. The van der Waals surface area contributed by atoms with Crippen LogP contribution in [0.3, 0.4) is 0 Å². The Balaban J connectivity index is 1.33. The molecule has 1 aliphatic rings. The highest BCUT2D eigenvalue weighted by molar-refractivity contribution is 5.83. The summed E-state index contributed by atoms with van der Waals surface area (Å²) < 4.78 is 2.26. The number of H-pyrrole nitrogens is 1. The van der Waals surface area contributed by atoms with E-state index in [1.807, 2.05) is 18.2 Å². The van der Waals surface area contributed by atoms with Crippen molar-refractivity contribution < 1.29 is 4.79 Å². The molecular formula is C34H38N6O. The fourth-order valence-corrected chi connectivity index (χ4v) is 5.92. The molecule has 1 fully saturated rings. The number of hydrogen-bond donors (Lipinski definition) is 3. The maximum Gasteiger partial charge on any atom is 0.223 e. The van der Waals surface area contributed by atoms with E-state index >= 15 is 0 Å². The molecule has 6 rings (SSSR count). The second-order valence-corrected chi connectivity index (χ2v) is 11.0. The van der Waals surface area contributed by atoms with Crippen LogP contribution in [0.2, 0.25) is 0 Å². The first-order valence-corrected chi connectivity index (χ1v) is 14.8. The van der Waals surface area contributed by atoms with Crippen LogP contribution in [-0.2, 0) is 37.0 Å². The number of rotatable bonds is 11. The van der Waals surface area contributed by atoms with Crippen LogP contribution in [0.5, 0.6) is 0 Å². The van der Waals surface area contributed by atoms with Gasteiger partial charge in [-0.3, -0.25) is 4.79 Å². The van der Waals surface area contributed by atoms with E-state index in [0.717, 1.165) is 68.9 Å². The Morgan fingerprint density at radius 2 is 1.54 bits per heavy atom. The number of carbonyl (C=O) groups excluding carboxylic acids is 1. The number of para-hydroxylation sites is 1. The third-order valence-corrected chi connectivity index (χ3v) is 8.24. The number of hydrogen-bond acceptors (Lipinski definition) is 4. The zero-order valence-electron chi connectivity index (χ0n) is 23.4. The summed E-state index contributed by atoms with van der Waals surface area (Å²) in [6.07, 6.45) is 6.96. The summed E-state index contributed by atoms with van der Waals surface area (Å²) in [7, 11) is 0. The molecule has 2 aromatic heterocycles. The van der Waals surface area contributed by atoms with Gasteiger partial charge in [-0.05, 0) is 61.5 Å². The van der Waals surface area contributed by atoms with Crippen molar-refractivity contribution in [2.45, 2.75) is 51.1 Å². The van der Waals surface area contributed by atoms with Gasteiger partial charge in [-0.2, -0.15) is 0 Å². The van der Waals surface area contributed by atoms with Gasteiger partial charge >= 0.3 is 0 Å². The molecule has 210 valence electrons. The molecular weight excluding hydrogens is 508 g/mol. The molecule has 7 heteroatoms. The summed E-state index contributed by atoms with van der Waals surface area (Å²) >= 11 is 0. The van der Waals surface area contributed by atoms with Crippen LogP contribution in [-0.4, -0.2) is 38.7 Å². The Kier molecular flexibility index (Phi) is 8.52. The number of fused-ring (bicyclic) bond motifs is 1. The third kappa shape index (κ3) is 6.57. The number of nitrogens with one attached hydrogen (secondary N) is 3. The number of aromatic amines is 1. The molecule has 0 bridgehead atoms. The van der Waals surface area contributed by atoms with Crippen molar-refractivity contribution in [3.05, 3.63) is 119 Å². The van der Waals surface area contributed by atoms with Gasteiger partial charge in [-0.1, -0.05) is 78.9 Å². The average molecular weight is 547 g/mol. The summed E-state index contributed by atoms with van der Waals surface area (Å²) in [5.41, 5.74) is 4.81. The quantitative estimate of drug-likeness (QED) is 0.213. The van der Waals surface area contributed by atoms with Gasteiger partial charge in [0.2, 0.25) is 5.91 Å². The Morgan fingerprint density at radius 3 is 2.29 bits per heavy atom. The number of amides is 1. The van der Waals surface area contributed by atoms with Gasteiger partial charge in [0.25, 0.3) is 0 Å². The minimum absolute atomic E-state index is 0.0139. The van der Waals surface area contributed by atoms with Crippen LogP contribution in [0.4, 0.5) is 0 Å². The molecule has 0 spiro atoms. The molecule has 7 nitrogen and oxygen atoms in total. The maximum absolute atomic E-state index is 13.6. The normalized spacial score (nSPS) is 14.7. The van der Waals surface area contributed by atoms with Gasteiger partial charge in [-0.15, -0.1) is 10.2 Å². The van der Waals surface area contributed by atoms with Crippen LogP contribution in [0, 0.1) is 5.92 Å². The number of aromatic nitrogens is 4. The molecule has 0 saturated carbocycles. The van der Waals surface area contributed by atoms with Crippen LogP contribution >= 0.6 is 0 Å². The number of piperidine rings is 1. The zero-order valence-corrected chi connectivity index (χ0v) is 23.4. The predicted molar refractivity (Wildman–Crippen MR) is 162 cm³/mol. The Bertz CT molecular complexity index is 1550. The number of benzene rings is 3. The highest BCUT2D eigenvalue weighted by atomic mass is 16.2. The lowest BCUT2D eigenvalue weighted by Gasteiger charge is -2.26. The molecule has 3 heterocycles. The van der Waals surface area contributed by atoms with Crippen LogP contribution in [0.15, 0.2) is 91.1 Å². The highest BCUT2D eigenvalue weighted by Gasteiger charge is 2.28. The van der Waals surface area contributed by atoms with Crippen molar-refractivity contribution >= 4 is 16.8 Å². The van der Waals surface area contributed by atoms with Crippen molar-refractivity contribution in [3.63, 3.8) is 0 Å². The van der Waals surface area contributed by atoms with Crippen molar-refractivity contribution in [1.29, 1.82) is 0 Å². The Labute approximate surface area is 241 Å². The molecule has 5 aromatic rings. The predicted octanol–water partition coefficient (Wildman–Crippen LogP) is 5.19. The van der Waals surface area contributed by atoms with Gasteiger partial charge in [0.05, 0.1) is 6.04 Å².